The lowest BCUT2D eigenvalue weighted by molar-refractivity contribution is 0.423. The Morgan fingerprint density at radius 2 is 2.20 bits per heavy atom. The molecule has 0 aliphatic carbocycles. The Morgan fingerprint density at radius 1 is 1.44 bits per heavy atom. The lowest BCUT2D eigenvalue weighted by atomic mass is 10.2. The van der Waals surface area contributed by atoms with Crippen LogP contribution in [0, 0.1) is 0 Å². The molecular formula is C17H23ClN6O. The minimum atomic E-state index is -0.126. The van der Waals surface area contributed by atoms with Crippen LogP contribution in [0.1, 0.15) is 25.2 Å². The first-order valence-corrected chi connectivity index (χ1v) is 8.88. The van der Waals surface area contributed by atoms with E-state index >= 15 is 0 Å². The van der Waals surface area contributed by atoms with Crippen molar-refractivity contribution in [3.05, 3.63) is 39.4 Å². The number of nitrogens with zero attached hydrogens (tertiary/aromatic N) is 4. The number of rotatable bonds is 6. The standard InChI is InChI=1S/C17H23ClN6O/c1-3-13(21-11-19-2)16-22-14-6-4-5-12(18)15(14)17(25)24(16)23-9-7-20-8-10-23/h4-6,13,20-21H,2-3,7-11H2,1H3/t13-/m0/s1. The molecule has 1 aliphatic rings. The Balaban J connectivity index is 2.21. The maximum Gasteiger partial charge on any atom is 0.281 e. The van der Waals surface area contributed by atoms with Crippen molar-refractivity contribution in [1.82, 2.24) is 20.3 Å². The third-order valence-electron chi connectivity index (χ3n) is 4.40. The number of hydrogen-bond acceptors (Lipinski definition) is 6. The van der Waals surface area contributed by atoms with Gasteiger partial charge in [0.15, 0.2) is 0 Å². The molecule has 1 atom stereocenters. The van der Waals surface area contributed by atoms with E-state index in [0.29, 0.717) is 28.4 Å². The topological polar surface area (TPSA) is 74.5 Å². The summed E-state index contributed by atoms with van der Waals surface area (Å²) in [6.07, 6.45) is 0.778. The van der Waals surface area contributed by atoms with Crippen LogP contribution in [0.2, 0.25) is 5.02 Å². The SMILES string of the molecule is C=NCN[C@@H](CC)c1nc2cccc(Cl)c2c(=O)n1N1CCNCC1. The largest absolute Gasteiger partial charge is 0.313 e. The van der Waals surface area contributed by atoms with Crippen molar-refractivity contribution in [2.75, 3.05) is 37.9 Å². The van der Waals surface area contributed by atoms with Crippen LogP contribution in [0.25, 0.3) is 10.9 Å². The lowest BCUT2D eigenvalue weighted by Gasteiger charge is -2.33. The van der Waals surface area contributed by atoms with Crippen LogP contribution in [-0.4, -0.2) is 49.2 Å². The van der Waals surface area contributed by atoms with Crippen LogP contribution in [0.15, 0.2) is 28.0 Å². The second kappa shape index (κ2) is 7.95. The summed E-state index contributed by atoms with van der Waals surface area (Å²) in [5, 5.41) is 9.53. The van der Waals surface area contributed by atoms with Crippen LogP contribution in [0.5, 0.6) is 0 Å². The van der Waals surface area contributed by atoms with E-state index in [0.717, 1.165) is 32.6 Å². The van der Waals surface area contributed by atoms with Crippen LogP contribution in [-0.2, 0) is 0 Å². The summed E-state index contributed by atoms with van der Waals surface area (Å²) in [7, 11) is 0. The van der Waals surface area contributed by atoms with Gasteiger partial charge in [0, 0.05) is 26.2 Å². The Labute approximate surface area is 151 Å². The Kier molecular flexibility index (Phi) is 5.67. The van der Waals surface area contributed by atoms with Gasteiger partial charge >= 0.3 is 0 Å². The van der Waals surface area contributed by atoms with Gasteiger partial charge in [-0.2, -0.15) is 0 Å². The summed E-state index contributed by atoms with van der Waals surface area (Å²) in [6, 6.07) is 5.27. The van der Waals surface area contributed by atoms with Gasteiger partial charge in [-0.3, -0.25) is 15.1 Å². The molecule has 0 radical (unpaired) electrons. The Morgan fingerprint density at radius 3 is 2.88 bits per heavy atom. The Bertz CT molecular complexity index is 815. The molecule has 2 heterocycles. The highest BCUT2D eigenvalue weighted by molar-refractivity contribution is 6.35. The summed E-state index contributed by atoms with van der Waals surface area (Å²) >= 11 is 6.30. The summed E-state index contributed by atoms with van der Waals surface area (Å²) in [4.78, 5) is 21.9. The molecule has 7 nitrogen and oxygen atoms in total. The normalized spacial score (nSPS) is 16.2. The van der Waals surface area contributed by atoms with Crippen molar-refractivity contribution in [3.8, 4) is 0 Å². The molecule has 1 saturated heterocycles. The third-order valence-corrected chi connectivity index (χ3v) is 4.71. The number of piperazine rings is 1. The van der Waals surface area contributed by atoms with E-state index < -0.39 is 0 Å². The third kappa shape index (κ3) is 3.53. The zero-order valence-corrected chi connectivity index (χ0v) is 15.1. The average molecular weight is 363 g/mol. The molecule has 1 aromatic heterocycles. The van der Waals surface area contributed by atoms with Crippen molar-refractivity contribution in [2.24, 2.45) is 4.99 Å². The second-order valence-electron chi connectivity index (χ2n) is 5.97. The molecule has 3 rings (SSSR count). The fraction of sp³-hybridized carbons (Fsp3) is 0.471. The molecule has 0 bridgehead atoms. The quantitative estimate of drug-likeness (QED) is 0.757. The maximum absolute atomic E-state index is 13.3. The summed E-state index contributed by atoms with van der Waals surface area (Å²) in [5.74, 6) is 0.688. The highest BCUT2D eigenvalue weighted by atomic mass is 35.5. The van der Waals surface area contributed by atoms with E-state index in [1.807, 2.05) is 17.1 Å². The predicted molar refractivity (Wildman–Crippen MR) is 102 cm³/mol. The maximum atomic E-state index is 13.3. The Hall–Kier alpha value is -1.96. The number of aromatic nitrogens is 2. The van der Waals surface area contributed by atoms with Crippen molar-refractivity contribution < 1.29 is 0 Å². The van der Waals surface area contributed by atoms with E-state index in [1.54, 1.807) is 10.7 Å². The highest BCUT2D eigenvalue weighted by Crippen LogP contribution is 2.22. The molecule has 8 heteroatoms. The fourth-order valence-corrected chi connectivity index (χ4v) is 3.39. The molecule has 0 spiro atoms. The second-order valence-corrected chi connectivity index (χ2v) is 6.38. The van der Waals surface area contributed by atoms with Gasteiger partial charge < -0.3 is 10.3 Å². The van der Waals surface area contributed by atoms with Crippen molar-refractivity contribution >= 4 is 29.2 Å². The van der Waals surface area contributed by atoms with E-state index in [-0.39, 0.29) is 11.6 Å². The van der Waals surface area contributed by atoms with E-state index in [2.05, 4.69) is 29.3 Å². The van der Waals surface area contributed by atoms with E-state index in [9.17, 15) is 4.79 Å². The molecule has 0 amide bonds. The molecule has 1 aromatic carbocycles. The molecule has 25 heavy (non-hydrogen) atoms. The van der Waals surface area contributed by atoms with Gasteiger partial charge in [0.1, 0.15) is 5.82 Å². The van der Waals surface area contributed by atoms with Gasteiger partial charge in [-0.1, -0.05) is 24.6 Å². The first-order valence-electron chi connectivity index (χ1n) is 8.50. The average Bonchev–Trinajstić information content (AvgIpc) is 2.63. The monoisotopic (exact) mass is 362 g/mol. The highest BCUT2D eigenvalue weighted by Gasteiger charge is 2.24. The van der Waals surface area contributed by atoms with Crippen LogP contribution in [0.3, 0.4) is 0 Å². The van der Waals surface area contributed by atoms with Crippen molar-refractivity contribution in [1.29, 1.82) is 0 Å². The number of aliphatic imine (C=N–C) groups is 1. The molecule has 134 valence electrons. The van der Waals surface area contributed by atoms with Gasteiger partial charge in [0.2, 0.25) is 0 Å². The zero-order chi connectivity index (χ0) is 17.8. The molecule has 2 N–H and O–H groups in total. The zero-order valence-electron chi connectivity index (χ0n) is 14.3. The molecular weight excluding hydrogens is 340 g/mol. The van der Waals surface area contributed by atoms with Crippen LogP contribution in [0.4, 0.5) is 0 Å². The number of halogens is 1. The predicted octanol–water partition coefficient (Wildman–Crippen LogP) is 1.29. The lowest BCUT2D eigenvalue weighted by Crippen LogP contribution is -2.54. The smallest absolute Gasteiger partial charge is 0.281 e. The molecule has 1 fully saturated rings. The minimum absolute atomic E-state index is 0.100. The molecule has 1 aliphatic heterocycles. The van der Waals surface area contributed by atoms with E-state index in [4.69, 9.17) is 16.6 Å². The number of benzene rings is 1. The van der Waals surface area contributed by atoms with Crippen LogP contribution < -0.4 is 21.2 Å². The van der Waals surface area contributed by atoms with Gasteiger partial charge in [0.05, 0.1) is 28.6 Å². The van der Waals surface area contributed by atoms with Crippen LogP contribution >= 0.6 is 11.6 Å². The minimum Gasteiger partial charge on any atom is -0.313 e. The first-order chi connectivity index (χ1) is 12.2. The molecule has 0 saturated carbocycles. The molecule has 2 aromatic rings. The van der Waals surface area contributed by atoms with Crippen molar-refractivity contribution in [2.45, 2.75) is 19.4 Å². The van der Waals surface area contributed by atoms with Gasteiger partial charge in [0.25, 0.3) is 5.56 Å². The van der Waals surface area contributed by atoms with Crippen molar-refractivity contribution in [3.63, 3.8) is 0 Å². The van der Waals surface area contributed by atoms with Gasteiger partial charge in [-0.05, 0) is 25.3 Å². The summed E-state index contributed by atoms with van der Waals surface area (Å²) < 4.78 is 1.69. The van der Waals surface area contributed by atoms with E-state index in [1.165, 1.54) is 0 Å². The summed E-state index contributed by atoms with van der Waals surface area (Å²) in [6.45, 7) is 9.10. The van der Waals surface area contributed by atoms with Gasteiger partial charge in [-0.25, -0.2) is 9.66 Å². The summed E-state index contributed by atoms with van der Waals surface area (Å²) in [5.41, 5.74) is 0.491. The number of hydrogen-bond donors (Lipinski definition) is 2. The number of nitrogens with one attached hydrogen (secondary N) is 2. The fourth-order valence-electron chi connectivity index (χ4n) is 3.14. The van der Waals surface area contributed by atoms with Gasteiger partial charge in [-0.15, -0.1) is 0 Å². The molecule has 0 unspecified atom stereocenters. The first kappa shape index (κ1) is 17.8. The number of fused-ring (bicyclic) bond motifs is 1.